The zero-order chi connectivity index (χ0) is 13.8. The lowest BCUT2D eigenvalue weighted by Gasteiger charge is -2.35. The van der Waals surface area contributed by atoms with Gasteiger partial charge in [-0.3, -0.25) is 0 Å². The largest absolute Gasteiger partial charge is 0.505 e. The number of pyridine rings is 1. The Morgan fingerprint density at radius 1 is 1.42 bits per heavy atom. The van der Waals surface area contributed by atoms with Gasteiger partial charge in [-0.2, -0.15) is 0 Å². The highest BCUT2D eigenvalue weighted by molar-refractivity contribution is 14.1. The van der Waals surface area contributed by atoms with Gasteiger partial charge in [-0.05, 0) is 35.2 Å². The second-order valence-corrected chi connectivity index (χ2v) is 5.40. The molecule has 0 bridgehead atoms. The third-order valence-corrected chi connectivity index (χ3v) is 4.12. The molecule has 0 radical (unpaired) electrons. The van der Waals surface area contributed by atoms with E-state index >= 15 is 0 Å². The minimum atomic E-state index is 0.103. The van der Waals surface area contributed by atoms with Gasteiger partial charge in [0.25, 0.3) is 0 Å². The van der Waals surface area contributed by atoms with Crippen LogP contribution >= 0.6 is 22.6 Å². The SMILES string of the molecule is CCN1CCN(/C(=N/O)c2cnc(I)c(O)c2)CC1. The number of oxime groups is 1. The summed E-state index contributed by atoms with van der Waals surface area (Å²) in [5, 5.41) is 22.3. The third-order valence-electron chi connectivity index (χ3n) is 3.29. The molecule has 0 unspecified atom stereocenters. The van der Waals surface area contributed by atoms with Gasteiger partial charge in [0.05, 0.1) is 0 Å². The fourth-order valence-corrected chi connectivity index (χ4v) is 2.43. The number of hydrogen-bond acceptors (Lipinski definition) is 5. The molecule has 1 aromatic rings. The summed E-state index contributed by atoms with van der Waals surface area (Å²) in [5.41, 5.74) is 0.630. The van der Waals surface area contributed by atoms with Crippen LogP contribution in [0, 0.1) is 3.70 Å². The minimum absolute atomic E-state index is 0.103. The fraction of sp³-hybridized carbons (Fsp3) is 0.500. The molecule has 0 aromatic carbocycles. The Balaban J connectivity index is 2.15. The number of amidine groups is 1. The van der Waals surface area contributed by atoms with E-state index in [0.29, 0.717) is 15.1 Å². The Kier molecular flexibility index (Phi) is 4.81. The summed E-state index contributed by atoms with van der Waals surface area (Å²) in [6.45, 7) is 6.67. The highest BCUT2D eigenvalue weighted by Gasteiger charge is 2.21. The van der Waals surface area contributed by atoms with E-state index in [1.807, 2.05) is 27.5 Å². The topological polar surface area (TPSA) is 72.2 Å². The number of likely N-dealkylation sites (N-methyl/N-ethyl adjacent to an activating group) is 1. The van der Waals surface area contributed by atoms with Crippen molar-refractivity contribution in [2.45, 2.75) is 6.92 Å². The van der Waals surface area contributed by atoms with Crippen molar-refractivity contribution in [1.82, 2.24) is 14.8 Å². The van der Waals surface area contributed by atoms with Gasteiger partial charge in [0.1, 0.15) is 9.45 Å². The van der Waals surface area contributed by atoms with Crippen molar-refractivity contribution in [3.8, 4) is 5.75 Å². The number of hydrogen-bond donors (Lipinski definition) is 2. The Labute approximate surface area is 125 Å². The van der Waals surface area contributed by atoms with Crippen molar-refractivity contribution in [2.24, 2.45) is 5.16 Å². The van der Waals surface area contributed by atoms with Gasteiger partial charge in [-0.25, -0.2) is 4.98 Å². The fourth-order valence-electron chi connectivity index (χ4n) is 2.14. The summed E-state index contributed by atoms with van der Waals surface area (Å²) < 4.78 is 0.537. The molecule has 1 aliphatic heterocycles. The summed E-state index contributed by atoms with van der Waals surface area (Å²) in [7, 11) is 0. The second kappa shape index (κ2) is 6.38. The van der Waals surface area contributed by atoms with Gasteiger partial charge in [0.2, 0.25) is 0 Å². The van der Waals surface area contributed by atoms with E-state index in [2.05, 4.69) is 22.0 Å². The number of rotatable bonds is 2. The van der Waals surface area contributed by atoms with Gasteiger partial charge >= 0.3 is 0 Å². The lowest BCUT2D eigenvalue weighted by atomic mass is 10.2. The molecule has 0 saturated carbocycles. The van der Waals surface area contributed by atoms with E-state index in [9.17, 15) is 10.3 Å². The first kappa shape index (κ1) is 14.3. The standard InChI is InChI=1S/C12H17IN4O2/c1-2-16-3-5-17(6-4-16)12(15-19)9-7-10(18)11(13)14-8-9/h7-8,18-19H,2-6H2,1H3/b15-12+. The van der Waals surface area contributed by atoms with Crippen LogP contribution in [0.4, 0.5) is 0 Å². The van der Waals surface area contributed by atoms with E-state index < -0.39 is 0 Å². The van der Waals surface area contributed by atoms with Crippen molar-refractivity contribution >= 4 is 28.4 Å². The van der Waals surface area contributed by atoms with Gasteiger partial charge in [0.15, 0.2) is 5.84 Å². The normalized spacial score (nSPS) is 17.8. The maximum Gasteiger partial charge on any atom is 0.177 e. The van der Waals surface area contributed by atoms with Crippen LogP contribution < -0.4 is 0 Å². The Morgan fingerprint density at radius 2 is 2.11 bits per heavy atom. The lowest BCUT2D eigenvalue weighted by Crippen LogP contribution is -2.48. The van der Waals surface area contributed by atoms with Gasteiger partial charge in [-0.15, -0.1) is 0 Å². The molecule has 0 atom stereocenters. The summed E-state index contributed by atoms with van der Waals surface area (Å²) in [6.07, 6.45) is 1.61. The van der Waals surface area contributed by atoms with Crippen LogP contribution in [-0.4, -0.2) is 63.7 Å². The van der Waals surface area contributed by atoms with E-state index in [-0.39, 0.29) is 5.75 Å². The van der Waals surface area contributed by atoms with E-state index in [0.717, 1.165) is 32.7 Å². The van der Waals surface area contributed by atoms with Crippen molar-refractivity contribution in [3.05, 3.63) is 21.5 Å². The maximum absolute atomic E-state index is 9.69. The molecule has 0 aliphatic carbocycles. The van der Waals surface area contributed by atoms with Crippen molar-refractivity contribution in [3.63, 3.8) is 0 Å². The van der Waals surface area contributed by atoms with Crippen LogP contribution in [0.3, 0.4) is 0 Å². The molecular weight excluding hydrogens is 359 g/mol. The number of piperazine rings is 1. The predicted molar refractivity (Wildman–Crippen MR) is 80.6 cm³/mol. The Hall–Kier alpha value is -1.09. The molecule has 2 N–H and O–H groups in total. The van der Waals surface area contributed by atoms with Crippen molar-refractivity contribution in [2.75, 3.05) is 32.7 Å². The Bertz CT molecular complexity index is 473. The zero-order valence-electron chi connectivity index (χ0n) is 10.8. The quantitative estimate of drug-likeness (QED) is 0.203. The molecule has 104 valence electrons. The van der Waals surface area contributed by atoms with E-state index in [1.54, 1.807) is 12.3 Å². The monoisotopic (exact) mass is 376 g/mol. The van der Waals surface area contributed by atoms with Crippen LogP contribution in [0.15, 0.2) is 17.4 Å². The molecule has 19 heavy (non-hydrogen) atoms. The summed E-state index contributed by atoms with van der Waals surface area (Å²) >= 11 is 1.95. The minimum Gasteiger partial charge on any atom is -0.505 e. The van der Waals surface area contributed by atoms with Gasteiger partial charge in [-0.1, -0.05) is 12.1 Å². The molecule has 6 nitrogen and oxygen atoms in total. The van der Waals surface area contributed by atoms with Crippen molar-refractivity contribution < 1.29 is 10.3 Å². The first-order valence-corrected chi connectivity index (χ1v) is 7.27. The van der Waals surface area contributed by atoms with Gasteiger partial charge < -0.3 is 20.1 Å². The Morgan fingerprint density at radius 3 is 2.63 bits per heavy atom. The number of halogens is 1. The highest BCUT2D eigenvalue weighted by Crippen LogP contribution is 2.19. The molecule has 1 fully saturated rings. The zero-order valence-corrected chi connectivity index (χ0v) is 12.9. The summed E-state index contributed by atoms with van der Waals surface area (Å²) in [6, 6.07) is 1.58. The van der Waals surface area contributed by atoms with Crippen LogP contribution in [0.1, 0.15) is 12.5 Å². The molecule has 0 spiro atoms. The summed E-state index contributed by atoms with van der Waals surface area (Å²) in [4.78, 5) is 8.43. The van der Waals surface area contributed by atoms with Crippen LogP contribution in [-0.2, 0) is 0 Å². The van der Waals surface area contributed by atoms with E-state index in [4.69, 9.17) is 0 Å². The van der Waals surface area contributed by atoms with Crippen LogP contribution in [0.2, 0.25) is 0 Å². The second-order valence-electron chi connectivity index (χ2n) is 4.38. The lowest BCUT2D eigenvalue weighted by molar-refractivity contribution is 0.185. The summed E-state index contributed by atoms with van der Waals surface area (Å²) in [5.74, 6) is 0.571. The van der Waals surface area contributed by atoms with E-state index in [1.165, 1.54) is 0 Å². The predicted octanol–water partition coefficient (Wildman–Crippen LogP) is 1.17. The van der Waals surface area contributed by atoms with Gasteiger partial charge in [0, 0.05) is 37.9 Å². The molecular formula is C12H17IN4O2. The van der Waals surface area contributed by atoms with Crippen LogP contribution in [0.25, 0.3) is 0 Å². The number of aromatic nitrogens is 1. The van der Waals surface area contributed by atoms with Crippen molar-refractivity contribution in [1.29, 1.82) is 0 Å². The highest BCUT2D eigenvalue weighted by atomic mass is 127. The molecule has 0 amide bonds. The molecule has 7 heteroatoms. The molecule has 1 saturated heterocycles. The third kappa shape index (κ3) is 3.27. The smallest absolute Gasteiger partial charge is 0.177 e. The molecule has 1 aliphatic rings. The molecule has 2 rings (SSSR count). The maximum atomic E-state index is 9.69. The first-order valence-electron chi connectivity index (χ1n) is 6.20. The number of aromatic hydroxyl groups is 1. The van der Waals surface area contributed by atoms with Crippen LogP contribution in [0.5, 0.6) is 5.75 Å². The molecule has 1 aromatic heterocycles. The number of nitrogens with zero attached hydrogens (tertiary/aromatic N) is 4. The average Bonchev–Trinajstić information content (AvgIpc) is 2.44. The first-order chi connectivity index (χ1) is 9.15. The average molecular weight is 376 g/mol. The molecule has 2 heterocycles.